The summed E-state index contributed by atoms with van der Waals surface area (Å²) in [6.45, 7) is 0. The number of methoxy groups -OCH3 is 1. The number of hydrogen-bond acceptors (Lipinski definition) is 6. The molecule has 8 nitrogen and oxygen atoms in total. The molecule has 0 saturated carbocycles. The molecule has 3 rings (SSSR count). The second kappa shape index (κ2) is 6.29. The Morgan fingerprint density at radius 2 is 1.88 bits per heavy atom. The van der Waals surface area contributed by atoms with E-state index in [0.29, 0.717) is 16.9 Å². The molecule has 1 aromatic carbocycles. The SMILES string of the molecule is COC(=O)c1ccc(N=Nc2c(C(=O)O)nc3ccccn23)cc1. The van der Waals surface area contributed by atoms with Crippen LogP contribution < -0.4 is 0 Å². The molecule has 0 radical (unpaired) electrons. The van der Waals surface area contributed by atoms with Crippen molar-refractivity contribution in [1.82, 2.24) is 9.38 Å². The van der Waals surface area contributed by atoms with Crippen molar-refractivity contribution >= 4 is 29.1 Å². The molecule has 0 aliphatic carbocycles. The van der Waals surface area contributed by atoms with Gasteiger partial charge in [-0.05, 0) is 36.4 Å². The first-order valence-electron chi connectivity index (χ1n) is 6.90. The van der Waals surface area contributed by atoms with Crippen molar-refractivity contribution in [3.8, 4) is 0 Å². The fourth-order valence-electron chi connectivity index (χ4n) is 2.11. The highest BCUT2D eigenvalue weighted by atomic mass is 16.5. The number of aromatic nitrogens is 2. The standard InChI is InChI=1S/C16H12N4O4/c1-24-16(23)10-5-7-11(8-6-10)18-19-14-13(15(21)22)17-12-4-2-3-9-20(12)14/h2-9H,1H3,(H,21,22). The number of carboxylic acid groups (broad SMARTS) is 1. The number of azo groups is 1. The summed E-state index contributed by atoms with van der Waals surface area (Å²) in [4.78, 5) is 26.7. The Morgan fingerprint density at radius 3 is 2.54 bits per heavy atom. The number of rotatable bonds is 4. The fourth-order valence-corrected chi connectivity index (χ4v) is 2.11. The minimum atomic E-state index is -1.19. The van der Waals surface area contributed by atoms with Crippen LogP contribution in [0.2, 0.25) is 0 Å². The molecule has 0 saturated heterocycles. The fraction of sp³-hybridized carbons (Fsp3) is 0.0625. The van der Waals surface area contributed by atoms with Crippen LogP contribution in [-0.2, 0) is 4.74 Å². The average Bonchev–Trinajstić information content (AvgIpc) is 2.99. The van der Waals surface area contributed by atoms with Gasteiger partial charge in [0.2, 0.25) is 0 Å². The summed E-state index contributed by atoms with van der Waals surface area (Å²) in [6, 6.07) is 11.4. The number of nitrogens with zero attached hydrogens (tertiary/aromatic N) is 4. The summed E-state index contributed by atoms with van der Waals surface area (Å²) in [5, 5.41) is 17.3. The Labute approximate surface area is 136 Å². The van der Waals surface area contributed by atoms with Crippen molar-refractivity contribution in [2.75, 3.05) is 7.11 Å². The van der Waals surface area contributed by atoms with Gasteiger partial charge in [-0.2, -0.15) is 0 Å². The van der Waals surface area contributed by atoms with Crippen LogP contribution in [0.1, 0.15) is 20.8 Å². The lowest BCUT2D eigenvalue weighted by molar-refractivity contribution is 0.0599. The maximum atomic E-state index is 11.4. The number of hydrogen-bond donors (Lipinski definition) is 1. The van der Waals surface area contributed by atoms with Gasteiger partial charge in [-0.1, -0.05) is 6.07 Å². The van der Waals surface area contributed by atoms with Crippen LogP contribution in [0.3, 0.4) is 0 Å². The first-order chi connectivity index (χ1) is 11.6. The van der Waals surface area contributed by atoms with Gasteiger partial charge in [0.25, 0.3) is 0 Å². The molecule has 2 aromatic heterocycles. The van der Waals surface area contributed by atoms with E-state index in [1.807, 2.05) is 0 Å². The van der Waals surface area contributed by atoms with Gasteiger partial charge in [-0.15, -0.1) is 10.2 Å². The average molecular weight is 324 g/mol. The molecule has 0 bridgehead atoms. The van der Waals surface area contributed by atoms with E-state index in [1.54, 1.807) is 48.7 Å². The Morgan fingerprint density at radius 1 is 1.12 bits per heavy atom. The van der Waals surface area contributed by atoms with E-state index in [4.69, 9.17) is 0 Å². The highest BCUT2D eigenvalue weighted by Crippen LogP contribution is 2.24. The van der Waals surface area contributed by atoms with E-state index in [2.05, 4.69) is 19.9 Å². The molecule has 0 spiro atoms. The van der Waals surface area contributed by atoms with Crippen molar-refractivity contribution < 1.29 is 19.4 Å². The van der Waals surface area contributed by atoms with Crippen molar-refractivity contribution in [3.05, 3.63) is 59.9 Å². The van der Waals surface area contributed by atoms with Crippen LogP contribution in [0.5, 0.6) is 0 Å². The molecular weight excluding hydrogens is 312 g/mol. The third kappa shape index (κ3) is 2.84. The highest BCUT2D eigenvalue weighted by Gasteiger charge is 2.17. The van der Waals surface area contributed by atoms with Crippen molar-refractivity contribution in [2.45, 2.75) is 0 Å². The molecular formula is C16H12N4O4. The van der Waals surface area contributed by atoms with E-state index in [0.717, 1.165) is 0 Å². The third-order valence-electron chi connectivity index (χ3n) is 3.26. The Hall–Kier alpha value is -3.55. The molecule has 0 amide bonds. The Balaban J connectivity index is 1.97. The highest BCUT2D eigenvalue weighted by molar-refractivity contribution is 5.92. The number of carbonyl (C=O) groups is 2. The molecule has 24 heavy (non-hydrogen) atoms. The lowest BCUT2D eigenvalue weighted by Crippen LogP contribution is -1.99. The maximum absolute atomic E-state index is 11.4. The number of benzene rings is 1. The molecule has 120 valence electrons. The number of aromatic carboxylic acids is 1. The van der Waals surface area contributed by atoms with Gasteiger partial charge in [0, 0.05) is 6.20 Å². The van der Waals surface area contributed by atoms with E-state index in [-0.39, 0.29) is 11.5 Å². The second-order valence-electron chi connectivity index (χ2n) is 4.76. The van der Waals surface area contributed by atoms with Crippen LogP contribution in [0.25, 0.3) is 5.65 Å². The van der Waals surface area contributed by atoms with E-state index in [1.165, 1.54) is 11.5 Å². The first-order valence-corrected chi connectivity index (χ1v) is 6.90. The van der Waals surface area contributed by atoms with Gasteiger partial charge >= 0.3 is 11.9 Å². The van der Waals surface area contributed by atoms with Gasteiger partial charge in [-0.3, -0.25) is 4.40 Å². The zero-order valence-electron chi connectivity index (χ0n) is 12.6. The van der Waals surface area contributed by atoms with Crippen LogP contribution in [-0.4, -0.2) is 33.5 Å². The van der Waals surface area contributed by atoms with Gasteiger partial charge in [0.05, 0.1) is 18.4 Å². The lowest BCUT2D eigenvalue weighted by Gasteiger charge is -1.99. The van der Waals surface area contributed by atoms with Gasteiger partial charge in [-0.25, -0.2) is 14.6 Å². The summed E-state index contributed by atoms with van der Waals surface area (Å²) in [6.07, 6.45) is 1.66. The number of imidazole rings is 1. The molecule has 8 heteroatoms. The molecule has 0 aliphatic rings. The maximum Gasteiger partial charge on any atom is 0.358 e. The van der Waals surface area contributed by atoms with Crippen LogP contribution >= 0.6 is 0 Å². The minimum Gasteiger partial charge on any atom is -0.476 e. The summed E-state index contributed by atoms with van der Waals surface area (Å²) < 4.78 is 6.15. The first kappa shape index (κ1) is 15.3. The topological polar surface area (TPSA) is 106 Å². The summed E-state index contributed by atoms with van der Waals surface area (Å²) in [7, 11) is 1.30. The zero-order chi connectivity index (χ0) is 17.1. The molecule has 0 aliphatic heterocycles. The molecule has 0 unspecified atom stereocenters. The van der Waals surface area contributed by atoms with E-state index >= 15 is 0 Å². The lowest BCUT2D eigenvalue weighted by atomic mass is 10.2. The van der Waals surface area contributed by atoms with Gasteiger partial charge in [0.1, 0.15) is 5.65 Å². The summed E-state index contributed by atoms with van der Waals surface area (Å²) in [5.74, 6) is -1.52. The van der Waals surface area contributed by atoms with E-state index in [9.17, 15) is 14.7 Å². The molecule has 0 atom stereocenters. The molecule has 3 aromatic rings. The minimum absolute atomic E-state index is 0.121. The molecule has 2 heterocycles. The smallest absolute Gasteiger partial charge is 0.358 e. The third-order valence-corrected chi connectivity index (χ3v) is 3.26. The summed E-state index contributed by atoms with van der Waals surface area (Å²) in [5.41, 5.74) is 1.13. The number of carbonyl (C=O) groups excluding carboxylic acids is 1. The van der Waals surface area contributed by atoms with Crippen LogP contribution in [0.4, 0.5) is 11.5 Å². The van der Waals surface area contributed by atoms with Crippen LogP contribution in [0, 0.1) is 0 Å². The van der Waals surface area contributed by atoms with Gasteiger partial charge < -0.3 is 9.84 Å². The monoisotopic (exact) mass is 324 g/mol. The van der Waals surface area contributed by atoms with E-state index < -0.39 is 11.9 Å². The zero-order valence-corrected chi connectivity index (χ0v) is 12.6. The largest absolute Gasteiger partial charge is 0.476 e. The van der Waals surface area contributed by atoms with Crippen molar-refractivity contribution in [3.63, 3.8) is 0 Å². The number of esters is 1. The quantitative estimate of drug-likeness (QED) is 0.586. The predicted molar refractivity (Wildman–Crippen MR) is 84.1 cm³/mol. The van der Waals surface area contributed by atoms with Crippen molar-refractivity contribution in [2.24, 2.45) is 10.2 Å². The predicted octanol–water partition coefficient (Wildman–Crippen LogP) is 3.23. The second-order valence-corrected chi connectivity index (χ2v) is 4.76. The number of pyridine rings is 1. The normalized spacial score (nSPS) is 11.0. The Bertz CT molecular complexity index is 944. The molecule has 0 fully saturated rings. The molecule has 1 N–H and O–H groups in total. The Kier molecular flexibility index (Phi) is 4.02. The summed E-state index contributed by atoms with van der Waals surface area (Å²) >= 11 is 0. The van der Waals surface area contributed by atoms with Crippen LogP contribution in [0.15, 0.2) is 58.9 Å². The van der Waals surface area contributed by atoms with Gasteiger partial charge in [0.15, 0.2) is 11.5 Å². The number of carboxylic acids is 1. The number of fused-ring (bicyclic) bond motifs is 1. The number of ether oxygens (including phenoxy) is 1. The van der Waals surface area contributed by atoms with Crippen molar-refractivity contribution in [1.29, 1.82) is 0 Å².